The smallest absolute Gasteiger partial charge is 0.298 e. The number of aryl methyl sites for hydroxylation is 1. The molecule has 0 saturated carbocycles. The predicted molar refractivity (Wildman–Crippen MR) is 77.4 cm³/mol. The molecule has 2 heterocycles. The number of thiazole rings is 1. The summed E-state index contributed by atoms with van der Waals surface area (Å²) < 4.78 is 5.72. The van der Waals surface area contributed by atoms with Crippen LogP contribution in [-0.2, 0) is 6.54 Å². The summed E-state index contributed by atoms with van der Waals surface area (Å²) in [6, 6.07) is 6.12. The number of hydrogen-bond donors (Lipinski definition) is 1. The molecule has 0 aliphatic carbocycles. The molecule has 3 aromatic rings. The Morgan fingerprint density at radius 1 is 1.42 bits per heavy atom. The third-order valence-corrected chi connectivity index (χ3v) is 3.91. The molecule has 3 rings (SSSR count). The van der Waals surface area contributed by atoms with Gasteiger partial charge in [-0.05, 0) is 19.1 Å². The number of rotatable bonds is 3. The Kier molecular flexibility index (Phi) is 2.87. The maximum absolute atomic E-state index is 5.88. The van der Waals surface area contributed by atoms with Gasteiger partial charge in [-0.3, -0.25) is 0 Å². The molecule has 0 amide bonds. The van der Waals surface area contributed by atoms with E-state index in [2.05, 4.69) is 9.97 Å². The molecule has 1 aromatic carbocycles. The summed E-state index contributed by atoms with van der Waals surface area (Å²) in [7, 11) is 1.94. The molecule has 6 heteroatoms. The number of fused-ring (bicyclic) bond motifs is 1. The summed E-state index contributed by atoms with van der Waals surface area (Å²) in [5.41, 5.74) is 10.8. The van der Waals surface area contributed by atoms with Gasteiger partial charge in [0.2, 0.25) is 0 Å². The van der Waals surface area contributed by atoms with Gasteiger partial charge in [0.15, 0.2) is 5.58 Å². The summed E-state index contributed by atoms with van der Waals surface area (Å²) in [6.07, 6.45) is 0. The van der Waals surface area contributed by atoms with E-state index in [-0.39, 0.29) is 0 Å². The number of para-hydroxylation sites is 1. The number of aromatic nitrogens is 2. The fraction of sp³-hybridized carbons (Fsp3) is 0.231. The van der Waals surface area contributed by atoms with E-state index < -0.39 is 0 Å². The minimum absolute atomic E-state index is 0.570. The third-order valence-electron chi connectivity index (χ3n) is 2.99. The van der Waals surface area contributed by atoms with Crippen LogP contribution in [0.3, 0.4) is 0 Å². The van der Waals surface area contributed by atoms with E-state index in [0.29, 0.717) is 22.8 Å². The maximum atomic E-state index is 5.88. The van der Waals surface area contributed by atoms with Gasteiger partial charge in [0.1, 0.15) is 5.52 Å². The molecule has 2 N–H and O–H groups in total. The van der Waals surface area contributed by atoms with Crippen molar-refractivity contribution >= 4 is 34.1 Å². The number of oxazole rings is 1. The fourth-order valence-corrected chi connectivity index (χ4v) is 2.71. The summed E-state index contributed by atoms with van der Waals surface area (Å²) in [4.78, 5) is 11.8. The summed E-state index contributed by atoms with van der Waals surface area (Å²) in [6.45, 7) is 2.73. The van der Waals surface area contributed by atoms with Gasteiger partial charge in [-0.2, -0.15) is 4.98 Å². The van der Waals surface area contributed by atoms with Gasteiger partial charge in [-0.1, -0.05) is 6.07 Å². The third kappa shape index (κ3) is 2.15. The second-order valence-electron chi connectivity index (χ2n) is 4.41. The normalized spacial score (nSPS) is 11.1. The average molecular weight is 274 g/mol. The van der Waals surface area contributed by atoms with Crippen LogP contribution in [0.4, 0.5) is 11.7 Å². The van der Waals surface area contributed by atoms with Crippen LogP contribution >= 0.6 is 11.3 Å². The molecule has 0 aliphatic heterocycles. The Hall–Kier alpha value is -2.08. The highest BCUT2D eigenvalue weighted by atomic mass is 32.1. The molecule has 2 aromatic heterocycles. The molecule has 0 atom stereocenters. The van der Waals surface area contributed by atoms with Gasteiger partial charge in [-0.25, -0.2) is 4.98 Å². The highest BCUT2D eigenvalue weighted by Gasteiger charge is 2.13. The molecule has 0 spiro atoms. The van der Waals surface area contributed by atoms with Gasteiger partial charge >= 0.3 is 0 Å². The molecule has 98 valence electrons. The van der Waals surface area contributed by atoms with Crippen molar-refractivity contribution in [2.24, 2.45) is 0 Å². The number of benzene rings is 1. The lowest BCUT2D eigenvalue weighted by molar-refractivity contribution is 0.583. The van der Waals surface area contributed by atoms with Gasteiger partial charge in [0.05, 0.1) is 23.4 Å². The standard InChI is InChI=1S/C13H14N4OS/c1-8-11(19-7-15-8)6-17(2)13-16-12-9(14)4-3-5-10(12)18-13/h3-5,7H,6,14H2,1-2H3. The van der Waals surface area contributed by atoms with Gasteiger partial charge in [-0.15, -0.1) is 11.3 Å². The zero-order chi connectivity index (χ0) is 13.4. The monoisotopic (exact) mass is 274 g/mol. The minimum atomic E-state index is 0.570. The van der Waals surface area contributed by atoms with E-state index in [1.807, 2.05) is 42.6 Å². The molecule has 5 nitrogen and oxygen atoms in total. The van der Waals surface area contributed by atoms with Crippen LogP contribution in [-0.4, -0.2) is 17.0 Å². The minimum Gasteiger partial charge on any atom is -0.423 e. The summed E-state index contributed by atoms with van der Waals surface area (Å²) >= 11 is 1.64. The van der Waals surface area contributed by atoms with E-state index in [0.717, 1.165) is 12.2 Å². The molecule has 0 radical (unpaired) electrons. The quantitative estimate of drug-likeness (QED) is 0.744. The van der Waals surface area contributed by atoms with Crippen LogP contribution in [0.15, 0.2) is 28.1 Å². The van der Waals surface area contributed by atoms with E-state index >= 15 is 0 Å². The highest BCUT2D eigenvalue weighted by molar-refractivity contribution is 7.09. The molecule has 0 bridgehead atoms. The molecule has 0 fully saturated rings. The van der Waals surface area contributed by atoms with Gasteiger partial charge in [0, 0.05) is 11.9 Å². The van der Waals surface area contributed by atoms with Crippen molar-refractivity contribution in [1.29, 1.82) is 0 Å². The molecule has 0 aliphatic rings. The first kappa shape index (κ1) is 12.0. The highest BCUT2D eigenvalue weighted by Crippen LogP contribution is 2.26. The second-order valence-corrected chi connectivity index (χ2v) is 5.35. The van der Waals surface area contributed by atoms with Crippen molar-refractivity contribution in [2.45, 2.75) is 13.5 Å². The van der Waals surface area contributed by atoms with Crippen LogP contribution in [0.5, 0.6) is 0 Å². The number of anilines is 2. The molecular weight excluding hydrogens is 260 g/mol. The SMILES string of the molecule is Cc1ncsc1CN(C)c1nc2c(N)cccc2o1. The first-order valence-corrected chi connectivity index (χ1v) is 6.78. The first-order chi connectivity index (χ1) is 9.15. The average Bonchev–Trinajstić information content (AvgIpc) is 2.97. The van der Waals surface area contributed by atoms with E-state index in [1.165, 1.54) is 4.88 Å². The largest absolute Gasteiger partial charge is 0.423 e. The number of nitrogens with two attached hydrogens (primary N) is 1. The van der Waals surface area contributed by atoms with Crippen molar-refractivity contribution in [3.05, 3.63) is 34.3 Å². The zero-order valence-corrected chi connectivity index (χ0v) is 11.6. The molecule has 19 heavy (non-hydrogen) atoms. The van der Waals surface area contributed by atoms with Crippen LogP contribution in [0.1, 0.15) is 10.6 Å². The lowest BCUT2D eigenvalue weighted by Crippen LogP contribution is -2.16. The van der Waals surface area contributed by atoms with Gasteiger partial charge < -0.3 is 15.1 Å². The first-order valence-electron chi connectivity index (χ1n) is 5.90. The van der Waals surface area contributed by atoms with E-state index in [9.17, 15) is 0 Å². The molecule has 0 unspecified atom stereocenters. The van der Waals surface area contributed by atoms with Gasteiger partial charge in [0.25, 0.3) is 6.01 Å². The summed E-state index contributed by atoms with van der Waals surface area (Å²) in [5.74, 6) is 0. The summed E-state index contributed by atoms with van der Waals surface area (Å²) in [5, 5.41) is 0. The Morgan fingerprint density at radius 2 is 2.26 bits per heavy atom. The lowest BCUT2D eigenvalue weighted by Gasteiger charge is -2.12. The van der Waals surface area contributed by atoms with Crippen LogP contribution in [0, 0.1) is 6.92 Å². The van der Waals surface area contributed by atoms with Crippen LogP contribution < -0.4 is 10.6 Å². The number of nitrogen functional groups attached to an aromatic ring is 1. The Balaban J connectivity index is 1.91. The van der Waals surface area contributed by atoms with Crippen molar-refractivity contribution < 1.29 is 4.42 Å². The molecular formula is C13H14N4OS. The van der Waals surface area contributed by atoms with E-state index in [1.54, 1.807) is 11.3 Å². The zero-order valence-electron chi connectivity index (χ0n) is 10.8. The van der Waals surface area contributed by atoms with E-state index in [4.69, 9.17) is 10.2 Å². The van der Waals surface area contributed by atoms with Crippen molar-refractivity contribution in [1.82, 2.24) is 9.97 Å². The number of hydrogen-bond acceptors (Lipinski definition) is 6. The Morgan fingerprint density at radius 3 is 2.95 bits per heavy atom. The molecule has 0 saturated heterocycles. The van der Waals surface area contributed by atoms with Crippen LogP contribution in [0.2, 0.25) is 0 Å². The second kappa shape index (κ2) is 4.55. The van der Waals surface area contributed by atoms with Crippen molar-refractivity contribution in [3.8, 4) is 0 Å². The van der Waals surface area contributed by atoms with Crippen molar-refractivity contribution in [3.63, 3.8) is 0 Å². The Bertz CT molecular complexity index is 718. The lowest BCUT2D eigenvalue weighted by atomic mass is 10.3. The fourth-order valence-electron chi connectivity index (χ4n) is 1.88. The topological polar surface area (TPSA) is 68.2 Å². The number of nitrogens with zero attached hydrogens (tertiary/aromatic N) is 3. The Labute approximate surface area is 114 Å². The predicted octanol–water partition coefficient (Wildman–Crippen LogP) is 2.81. The maximum Gasteiger partial charge on any atom is 0.298 e. The van der Waals surface area contributed by atoms with Crippen LogP contribution in [0.25, 0.3) is 11.1 Å². The van der Waals surface area contributed by atoms with Crippen molar-refractivity contribution in [2.75, 3.05) is 17.7 Å².